The summed E-state index contributed by atoms with van der Waals surface area (Å²) in [6.07, 6.45) is 3.63. The quantitative estimate of drug-likeness (QED) is 0.851. The molecule has 0 atom stereocenters. The lowest BCUT2D eigenvalue weighted by atomic mass is 10.2. The molecule has 16 heavy (non-hydrogen) atoms. The molecule has 1 N–H and O–H groups in total. The van der Waals surface area contributed by atoms with Gasteiger partial charge in [-0.1, -0.05) is 6.07 Å². The second-order valence-corrected chi connectivity index (χ2v) is 3.81. The van der Waals surface area contributed by atoms with E-state index in [0.717, 1.165) is 23.6 Å². The summed E-state index contributed by atoms with van der Waals surface area (Å²) in [7, 11) is 0. The van der Waals surface area contributed by atoms with Crippen LogP contribution in [-0.4, -0.2) is 9.97 Å². The third-order valence-electron chi connectivity index (χ3n) is 2.47. The molecule has 0 saturated carbocycles. The summed E-state index contributed by atoms with van der Waals surface area (Å²) < 4.78 is 0. The Labute approximate surface area is 95.6 Å². The molecule has 82 valence electrons. The molecule has 2 rings (SSSR count). The van der Waals surface area contributed by atoms with E-state index < -0.39 is 0 Å². The molecule has 0 aliphatic carbocycles. The number of pyridine rings is 2. The van der Waals surface area contributed by atoms with Crippen LogP contribution in [0.2, 0.25) is 0 Å². The Balaban J connectivity index is 2.05. The second kappa shape index (κ2) is 4.75. The number of aromatic nitrogens is 2. The first-order chi connectivity index (χ1) is 7.75. The van der Waals surface area contributed by atoms with Crippen molar-refractivity contribution in [1.82, 2.24) is 9.97 Å². The van der Waals surface area contributed by atoms with E-state index in [2.05, 4.69) is 28.3 Å². The summed E-state index contributed by atoms with van der Waals surface area (Å²) >= 11 is 0. The predicted molar refractivity (Wildman–Crippen MR) is 65.3 cm³/mol. The highest BCUT2D eigenvalue weighted by Crippen LogP contribution is 2.10. The molecule has 0 saturated heterocycles. The second-order valence-electron chi connectivity index (χ2n) is 3.81. The topological polar surface area (TPSA) is 37.8 Å². The summed E-state index contributed by atoms with van der Waals surface area (Å²) in [6, 6.07) is 8.01. The molecule has 0 aromatic carbocycles. The lowest BCUT2D eigenvalue weighted by Gasteiger charge is -2.08. The van der Waals surface area contributed by atoms with Gasteiger partial charge in [0.05, 0.1) is 12.2 Å². The van der Waals surface area contributed by atoms with Gasteiger partial charge in [-0.2, -0.15) is 0 Å². The van der Waals surface area contributed by atoms with Crippen LogP contribution in [0.1, 0.15) is 17.0 Å². The standard InChI is InChI=1S/C13H15N3/c1-10-4-3-6-15-13(10)9-16-12-5-7-14-11(2)8-12/h3-8H,9H2,1-2H3,(H,14,16). The Bertz CT molecular complexity index is 480. The fourth-order valence-electron chi connectivity index (χ4n) is 1.54. The monoisotopic (exact) mass is 213 g/mol. The average molecular weight is 213 g/mol. The number of nitrogens with zero attached hydrogens (tertiary/aromatic N) is 2. The van der Waals surface area contributed by atoms with Crippen LogP contribution in [0.3, 0.4) is 0 Å². The van der Waals surface area contributed by atoms with Gasteiger partial charge in [0.1, 0.15) is 0 Å². The van der Waals surface area contributed by atoms with Crippen LogP contribution < -0.4 is 5.32 Å². The molecule has 2 heterocycles. The SMILES string of the molecule is Cc1cc(NCc2ncccc2C)ccn1. The minimum atomic E-state index is 0.746. The number of hydrogen-bond acceptors (Lipinski definition) is 3. The summed E-state index contributed by atoms with van der Waals surface area (Å²) in [5, 5.41) is 3.34. The zero-order chi connectivity index (χ0) is 11.4. The zero-order valence-electron chi connectivity index (χ0n) is 9.57. The highest BCUT2D eigenvalue weighted by molar-refractivity contribution is 5.43. The van der Waals surface area contributed by atoms with Gasteiger partial charge in [0, 0.05) is 23.8 Å². The lowest BCUT2D eigenvalue weighted by molar-refractivity contribution is 1.01. The molecular weight excluding hydrogens is 198 g/mol. The van der Waals surface area contributed by atoms with Crippen molar-refractivity contribution >= 4 is 5.69 Å². The van der Waals surface area contributed by atoms with Gasteiger partial charge in [-0.05, 0) is 37.6 Å². The molecule has 0 bridgehead atoms. The Morgan fingerprint density at radius 1 is 1.12 bits per heavy atom. The van der Waals surface area contributed by atoms with Crippen molar-refractivity contribution in [3.8, 4) is 0 Å². The van der Waals surface area contributed by atoms with Crippen molar-refractivity contribution in [2.75, 3.05) is 5.32 Å². The fourth-order valence-corrected chi connectivity index (χ4v) is 1.54. The largest absolute Gasteiger partial charge is 0.379 e. The van der Waals surface area contributed by atoms with Crippen molar-refractivity contribution in [3.05, 3.63) is 53.6 Å². The van der Waals surface area contributed by atoms with Gasteiger partial charge in [0.2, 0.25) is 0 Å². The van der Waals surface area contributed by atoms with Crippen molar-refractivity contribution in [3.63, 3.8) is 0 Å². The molecule has 0 aliphatic rings. The van der Waals surface area contributed by atoms with Gasteiger partial charge in [-0.25, -0.2) is 0 Å². The summed E-state index contributed by atoms with van der Waals surface area (Å²) in [5.41, 5.74) is 4.39. The van der Waals surface area contributed by atoms with Crippen LogP contribution in [0, 0.1) is 13.8 Å². The number of anilines is 1. The van der Waals surface area contributed by atoms with Gasteiger partial charge < -0.3 is 5.32 Å². The van der Waals surface area contributed by atoms with Crippen molar-refractivity contribution in [2.45, 2.75) is 20.4 Å². The summed E-state index contributed by atoms with van der Waals surface area (Å²) in [6.45, 7) is 4.80. The average Bonchev–Trinajstić information content (AvgIpc) is 2.28. The molecule has 3 heteroatoms. The summed E-state index contributed by atoms with van der Waals surface area (Å²) in [4.78, 5) is 8.49. The highest BCUT2D eigenvalue weighted by Gasteiger charge is 1.98. The van der Waals surface area contributed by atoms with Crippen LogP contribution in [0.4, 0.5) is 5.69 Å². The third-order valence-corrected chi connectivity index (χ3v) is 2.47. The van der Waals surface area contributed by atoms with Gasteiger partial charge in [-0.3, -0.25) is 9.97 Å². The molecule has 0 spiro atoms. The minimum Gasteiger partial charge on any atom is -0.379 e. The number of aryl methyl sites for hydroxylation is 2. The van der Waals surface area contributed by atoms with Gasteiger partial charge in [0.15, 0.2) is 0 Å². The summed E-state index contributed by atoms with van der Waals surface area (Å²) in [5.74, 6) is 0. The number of rotatable bonds is 3. The van der Waals surface area contributed by atoms with Gasteiger partial charge >= 0.3 is 0 Å². The van der Waals surface area contributed by atoms with Crippen LogP contribution in [-0.2, 0) is 6.54 Å². The van der Waals surface area contributed by atoms with E-state index in [1.54, 1.807) is 0 Å². The van der Waals surface area contributed by atoms with E-state index in [9.17, 15) is 0 Å². The smallest absolute Gasteiger partial charge is 0.0623 e. The van der Waals surface area contributed by atoms with Gasteiger partial charge in [0.25, 0.3) is 0 Å². The molecule has 0 aliphatic heterocycles. The van der Waals surface area contributed by atoms with Crippen molar-refractivity contribution in [2.24, 2.45) is 0 Å². The minimum absolute atomic E-state index is 0.746. The first-order valence-electron chi connectivity index (χ1n) is 5.33. The Morgan fingerprint density at radius 3 is 2.75 bits per heavy atom. The van der Waals surface area contributed by atoms with E-state index >= 15 is 0 Å². The maximum Gasteiger partial charge on any atom is 0.0623 e. The Kier molecular flexibility index (Phi) is 3.15. The molecule has 2 aromatic rings. The van der Waals surface area contributed by atoms with E-state index in [1.807, 2.05) is 37.5 Å². The Hall–Kier alpha value is -1.90. The Morgan fingerprint density at radius 2 is 2.00 bits per heavy atom. The fraction of sp³-hybridized carbons (Fsp3) is 0.231. The first kappa shape index (κ1) is 10.6. The first-order valence-corrected chi connectivity index (χ1v) is 5.33. The lowest BCUT2D eigenvalue weighted by Crippen LogP contribution is -2.03. The maximum absolute atomic E-state index is 4.34. The molecule has 0 fully saturated rings. The van der Waals surface area contributed by atoms with Crippen LogP contribution in [0.15, 0.2) is 36.7 Å². The molecule has 3 nitrogen and oxygen atoms in total. The number of nitrogens with one attached hydrogen (secondary N) is 1. The zero-order valence-corrected chi connectivity index (χ0v) is 9.57. The van der Waals surface area contributed by atoms with E-state index in [4.69, 9.17) is 0 Å². The van der Waals surface area contributed by atoms with Gasteiger partial charge in [-0.15, -0.1) is 0 Å². The van der Waals surface area contributed by atoms with Crippen molar-refractivity contribution in [1.29, 1.82) is 0 Å². The molecular formula is C13H15N3. The van der Waals surface area contributed by atoms with Crippen LogP contribution >= 0.6 is 0 Å². The highest BCUT2D eigenvalue weighted by atomic mass is 14.9. The van der Waals surface area contributed by atoms with E-state index in [0.29, 0.717) is 0 Å². The predicted octanol–water partition coefficient (Wildman–Crippen LogP) is 2.71. The normalized spacial score (nSPS) is 10.1. The molecule has 0 unspecified atom stereocenters. The van der Waals surface area contributed by atoms with Crippen LogP contribution in [0.5, 0.6) is 0 Å². The molecule has 2 aromatic heterocycles. The van der Waals surface area contributed by atoms with E-state index in [-0.39, 0.29) is 0 Å². The molecule has 0 amide bonds. The van der Waals surface area contributed by atoms with Crippen molar-refractivity contribution < 1.29 is 0 Å². The van der Waals surface area contributed by atoms with E-state index in [1.165, 1.54) is 5.56 Å². The number of hydrogen-bond donors (Lipinski definition) is 1. The molecule has 0 radical (unpaired) electrons. The third kappa shape index (κ3) is 2.57. The maximum atomic E-state index is 4.34. The van der Waals surface area contributed by atoms with Crippen LogP contribution in [0.25, 0.3) is 0 Å².